The van der Waals surface area contributed by atoms with Gasteiger partial charge in [0, 0.05) is 30.4 Å². The molecular formula is C13H18ClNO3. The van der Waals surface area contributed by atoms with Crippen LogP contribution in [-0.2, 0) is 11.2 Å². The Hall–Kier alpha value is -1.42. The first-order chi connectivity index (χ1) is 8.62. The zero-order chi connectivity index (χ0) is 13.5. The molecule has 1 aromatic carbocycles. The second-order valence-electron chi connectivity index (χ2n) is 3.91. The summed E-state index contributed by atoms with van der Waals surface area (Å²) >= 11 is 5.56. The highest BCUT2D eigenvalue weighted by molar-refractivity contribution is 6.17. The van der Waals surface area contributed by atoms with Crippen molar-refractivity contribution in [2.24, 2.45) is 0 Å². The molecule has 1 rings (SSSR count). The first kappa shape index (κ1) is 14.6. The molecule has 0 aliphatic heterocycles. The summed E-state index contributed by atoms with van der Waals surface area (Å²) in [5.41, 5.74) is 7.09. The number of ether oxygens (including phenoxy) is 2. The molecule has 1 aromatic rings. The van der Waals surface area contributed by atoms with Crippen molar-refractivity contribution in [3.05, 3.63) is 17.7 Å². The van der Waals surface area contributed by atoms with Crippen molar-refractivity contribution in [2.75, 3.05) is 25.8 Å². The largest absolute Gasteiger partial charge is 0.496 e. The van der Waals surface area contributed by atoms with Gasteiger partial charge in [0.2, 0.25) is 0 Å². The van der Waals surface area contributed by atoms with Gasteiger partial charge in [0.05, 0.1) is 19.9 Å². The lowest BCUT2D eigenvalue weighted by Crippen LogP contribution is -2.06. The Morgan fingerprint density at radius 2 is 1.94 bits per heavy atom. The molecule has 0 radical (unpaired) electrons. The minimum atomic E-state index is 0.124. The number of rotatable bonds is 7. The highest BCUT2D eigenvalue weighted by atomic mass is 35.5. The van der Waals surface area contributed by atoms with E-state index in [4.69, 9.17) is 26.8 Å². The number of carbonyl (C=O) groups is 1. The van der Waals surface area contributed by atoms with Gasteiger partial charge in [0.15, 0.2) is 0 Å². The van der Waals surface area contributed by atoms with Gasteiger partial charge in [-0.05, 0) is 12.5 Å². The number of halogens is 1. The number of Topliss-reactive ketones (excluding diaryl/α,β-unsaturated/α-hetero) is 1. The molecule has 5 heteroatoms. The third-order valence-corrected chi connectivity index (χ3v) is 2.88. The maximum atomic E-state index is 11.7. The smallest absolute Gasteiger partial charge is 0.145 e. The second-order valence-corrected chi connectivity index (χ2v) is 4.29. The molecule has 2 N–H and O–H groups in total. The summed E-state index contributed by atoms with van der Waals surface area (Å²) in [6.45, 7) is 0. The summed E-state index contributed by atoms with van der Waals surface area (Å²) < 4.78 is 10.3. The molecule has 0 heterocycles. The van der Waals surface area contributed by atoms with Crippen LogP contribution >= 0.6 is 11.6 Å². The van der Waals surface area contributed by atoms with E-state index in [1.165, 1.54) is 7.11 Å². The van der Waals surface area contributed by atoms with Crippen molar-refractivity contribution in [2.45, 2.75) is 19.3 Å². The number of nitrogens with two attached hydrogens (primary N) is 1. The highest BCUT2D eigenvalue weighted by Crippen LogP contribution is 2.31. The van der Waals surface area contributed by atoms with Gasteiger partial charge in [-0.1, -0.05) is 0 Å². The average molecular weight is 272 g/mol. The quantitative estimate of drug-likeness (QED) is 0.611. The van der Waals surface area contributed by atoms with E-state index in [0.717, 1.165) is 5.56 Å². The third kappa shape index (κ3) is 3.81. The van der Waals surface area contributed by atoms with E-state index >= 15 is 0 Å². The lowest BCUT2D eigenvalue weighted by molar-refractivity contribution is -0.118. The SMILES string of the molecule is COc1cc(OC)c(CC(=O)CCCCl)cc1N. The molecule has 0 unspecified atom stereocenters. The van der Waals surface area contributed by atoms with Crippen molar-refractivity contribution >= 4 is 23.1 Å². The molecule has 0 saturated carbocycles. The molecule has 0 aliphatic rings. The van der Waals surface area contributed by atoms with Crippen LogP contribution in [0.1, 0.15) is 18.4 Å². The van der Waals surface area contributed by atoms with Crippen molar-refractivity contribution < 1.29 is 14.3 Å². The molecular weight excluding hydrogens is 254 g/mol. The number of hydrogen-bond donors (Lipinski definition) is 1. The number of methoxy groups -OCH3 is 2. The Labute approximate surface area is 112 Å². The Balaban J connectivity index is 2.87. The molecule has 0 fully saturated rings. The predicted octanol–water partition coefficient (Wildman–Crippen LogP) is 2.42. The Kier molecular flexibility index (Phi) is 5.78. The summed E-state index contributed by atoms with van der Waals surface area (Å²) in [5, 5.41) is 0. The number of alkyl halides is 1. The standard InChI is InChI=1S/C13H18ClNO3/c1-17-12-8-13(18-2)11(15)7-9(12)6-10(16)4-3-5-14/h7-8H,3-6,15H2,1-2H3. The van der Waals surface area contributed by atoms with Crippen molar-refractivity contribution in [1.82, 2.24) is 0 Å². The van der Waals surface area contributed by atoms with E-state index < -0.39 is 0 Å². The molecule has 0 aliphatic carbocycles. The van der Waals surface area contributed by atoms with Crippen LogP contribution < -0.4 is 15.2 Å². The van der Waals surface area contributed by atoms with Crippen molar-refractivity contribution in [1.29, 1.82) is 0 Å². The number of hydrogen-bond acceptors (Lipinski definition) is 4. The second kappa shape index (κ2) is 7.11. The number of carbonyl (C=O) groups excluding carboxylic acids is 1. The van der Waals surface area contributed by atoms with Gasteiger partial charge in [0.25, 0.3) is 0 Å². The highest BCUT2D eigenvalue weighted by Gasteiger charge is 2.12. The van der Waals surface area contributed by atoms with Gasteiger partial charge in [-0.15, -0.1) is 11.6 Å². The molecule has 4 nitrogen and oxygen atoms in total. The van der Waals surface area contributed by atoms with Gasteiger partial charge >= 0.3 is 0 Å². The topological polar surface area (TPSA) is 61.5 Å². The lowest BCUT2D eigenvalue weighted by atomic mass is 10.0. The Morgan fingerprint density at radius 1 is 1.28 bits per heavy atom. The van der Waals surface area contributed by atoms with Crippen molar-refractivity contribution in [3.8, 4) is 11.5 Å². The summed E-state index contributed by atoms with van der Waals surface area (Å²) in [7, 11) is 3.09. The van der Waals surface area contributed by atoms with Crippen LogP contribution in [0, 0.1) is 0 Å². The maximum Gasteiger partial charge on any atom is 0.145 e. The maximum absolute atomic E-state index is 11.7. The number of ketones is 1. The normalized spacial score (nSPS) is 10.2. The van der Waals surface area contributed by atoms with E-state index in [9.17, 15) is 4.79 Å². The number of nitrogen functional groups attached to an aromatic ring is 1. The fourth-order valence-electron chi connectivity index (χ4n) is 1.69. The molecule has 18 heavy (non-hydrogen) atoms. The fraction of sp³-hybridized carbons (Fsp3) is 0.462. The van der Waals surface area contributed by atoms with Gasteiger partial charge in [-0.25, -0.2) is 0 Å². The zero-order valence-corrected chi connectivity index (χ0v) is 11.4. The number of benzene rings is 1. The molecule has 0 spiro atoms. The fourth-order valence-corrected chi connectivity index (χ4v) is 1.83. The molecule has 0 amide bonds. The van der Waals surface area contributed by atoms with Crippen LogP contribution in [0.15, 0.2) is 12.1 Å². The van der Waals surface area contributed by atoms with E-state index in [1.807, 2.05) is 0 Å². The van der Waals surface area contributed by atoms with Crippen LogP contribution in [0.5, 0.6) is 11.5 Å². The van der Waals surface area contributed by atoms with E-state index in [-0.39, 0.29) is 5.78 Å². The van der Waals surface area contributed by atoms with E-state index in [0.29, 0.717) is 42.3 Å². The summed E-state index contributed by atoms with van der Waals surface area (Å²) in [6.07, 6.45) is 1.46. The first-order valence-corrected chi connectivity index (χ1v) is 6.23. The minimum absolute atomic E-state index is 0.124. The summed E-state index contributed by atoms with van der Waals surface area (Å²) in [4.78, 5) is 11.7. The zero-order valence-electron chi connectivity index (χ0n) is 10.7. The minimum Gasteiger partial charge on any atom is -0.496 e. The van der Waals surface area contributed by atoms with Gasteiger partial charge in [0.1, 0.15) is 17.3 Å². The summed E-state index contributed by atoms with van der Waals surface area (Å²) in [6, 6.07) is 3.41. The van der Waals surface area contributed by atoms with Crippen LogP contribution in [-0.4, -0.2) is 25.9 Å². The van der Waals surface area contributed by atoms with E-state index in [1.54, 1.807) is 19.2 Å². The third-order valence-electron chi connectivity index (χ3n) is 2.61. The number of anilines is 1. The summed E-state index contributed by atoms with van der Waals surface area (Å²) in [5.74, 6) is 1.77. The monoisotopic (exact) mass is 271 g/mol. The van der Waals surface area contributed by atoms with Crippen LogP contribution in [0.2, 0.25) is 0 Å². The van der Waals surface area contributed by atoms with Gasteiger partial charge in [-0.2, -0.15) is 0 Å². The molecule has 100 valence electrons. The molecule has 0 saturated heterocycles. The van der Waals surface area contributed by atoms with Crippen molar-refractivity contribution in [3.63, 3.8) is 0 Å². The molecule has 0 aromatic heterocycles. The first-order valence-electron chi connectivity index (χ1n) is 5.70. The average Bonchev–Trinajstić information content (AvgIpc) is 2.36. The van der Waals surface area contributed by atoms with E-state index in [2.05, 4.69) is 0 Å². The Bertz CT molecular complexity index is 421. The Morgan fingerprint density at radius 3 is 2.50 bits per heavy atom. The molecule has 0 atom stereocenters. The predicted molar refractivity (Wildman–Crippen MR) is 72.6 cm³/mol. The van der Waals surface area contributed by atoms with Gasteiger partial charge in [-0.3, -0.25) is 4.79 Å². The van der Waals surface area contributed by atoms with Crippen LogP contribution in [0.4, 0.5) is 5.69 Å². The van der Waals surface area contributed by atoms with Gasteiger partial charge < -0.3 is 15.2 Å². The molecule has 0 bridgehead atoms. The lowest BCUT2D eigenvalue weighted by Gasteiger charge is -2.12. The van der Waals surface area contributed by atoms with Crippen LogP contribution in [0.25, 0.3) is 0 Å². The van der Waals surface area contributed by atoms with Crippen LogP contribution in [0.3, 0.4) is 0 Å².